The van der Waals surface area contributed by atoms with E-state index in [1.165, 1.54) is 51.4 Å². The van der Waals surface area contributed by atoms with Gasteiger partial charge in [-0.15, -0.1) is 0 Å². The van der Waals surface area contributed by atoms with E-state index in [4.69, 9.17) is 5.84 Å². The van der Waals surface area contributed by atoms with Gasteiger partial charge in [0.05, 0.1) is 6.04 Å². The number of aliphatic imine (C=N–C) groups is 1. The first-order valence-electron chi connectivity index (χ1n) is 6.42. The fraction of sp³-hybridized carbons (Fsp3) is 0.917. The molecule has 0 bridgehead atoms. The monoisotopic (exact) mass is 209 g/mol. The number of hydrogen-bond donors (Lipinski definition) is 2. The first-order chi connectivity index (χ1) is 7.38. The fourth-order valence-corrected chi connectivity index (χ4v) is 2.41. The van der Waals surface area contributed by atoms with E-state index in [0.717, 1.165) is 18.2 Å². The minimum Gasteiger partial charge on any atom is -0.312 e. The van der Waals surface area contributed by atoms with E-state index in [2.05, 4.69) is 10.4 Å². The summed E-state index contributed by atoms with van der Waals surface area (Å²) in [7, 11) is 0. The van der Waals surface area contributed by atoms with Crippen molar-refractivity contribution in [2.45, 2.75) is 63.8 Å². The second-order valence-electron chi connectivity index (χ2n) is 5.01. The molecule has 2 rings (SSSR count). The van der Waals surface area contributed by atoms with Crippen LogP contribution in [0.1, 0.15) is 57.8 Å². The van der Waals surface area contributed by atoms with Crippen molar-refractivity contribution in [2.24, 2.45) is 16.8 Å². The predicted molar refractivity (Wildman–Crippen MR) is 63.6 cm³/mol. The molecule has 86 valence electrons. The Morgan fingerprint density at radius 2 is 1.73 bits per heavy atom. The Morgan fingerprint density at radius 1 is 1.07 bits per heavy atom. The van der Waals surface area contributed by atoms with Crippen LogP contribution >= 0.6 is 0 Å². The van der Waals surface area contributed by atoms with Crippen LogP contribution in [0.3, 0.4) is 0 Å². The molecule has 2 aliphatic rings. The highest BCUT2D eigenvalue weighted by atomic mass is 15.3. The fourth-order valence-electron chi connectivity index (χ4n) is 2.41. The molecule has 3 heteroatoms. The van der Waals surface area contributed by atoms with Crippen LogP contribution in [0.2, 0.25) is 0 Å². The summed E-state index contributed by atoms with van der Waals surface area (Å²) in [6.45, 7) is 0. The van der Waals surface area contributed by atoms with Crippen molar-refractivity contribution in [3.05, 3.63) is 0 Å². The normalized spacial score (nSPS) is 25.0. The Labute approximate surface area is 92.5 Å². The molecule has 0 amide bonds. The lowest BCUT2D eigenvalue weighted by molar-refractivity contribution is 0.472. The molecule has 2 fully saturated rings. The van der Waals surface area contributed by atoms with Crippen LogP contribution in [0.15, 0.2) is 4.99 Å². The molecule has 0 saturated heterocycles. The summed E-state index contributed by atoms with van der Waals surface area (Å²) in [6, 6.07) is 0.585. The topological polar surface area (TPSA) is 50.4 Å². The molecule has 0 unspecified atom stereocenters. The number of nitrogens with one attached hydrogen (secondary N) is 1. The van der Waals surface area contributed by atoms with Crippen molar-refractivity contribution in [1.82, 2.24) is 5.43 Å². The summed E-state index contributed by atoms with van der Waals surface area (Å²) >= 11 is 0. The van der Waals surface area contributed by atoms with E-state index in [9.17, 15) is 0 Å². The van der Waals surface area contributed by atoms with Crippen LogP contribution in [0.25, 0.3) is 0 Å². The summed E-state index contributed by atoms with van der Waals surface area (Å²) in [5.74, 6) is 7.39. The highest BCUT2D eigenvalue weighted by Gasteiger charge is 2.22. The predicted octanol–water partition coefficient (Wildman–Crippen LogP) is 2.37. The van der Waals surface area contributed by atoms with Gasteiger partial charge >= 0.3 is 0 Å². The van der Waals surface area contributed by atoms with Gasteiger partial charge in [-0.1, -0.05) is 38.5 Å². The maximum Gasteiger partial charge on any atom is 0.111 e. The van der Waals surface area contributed by atoms with Gasteiger partial charge < -0.3 is 5.43 Å². The summed E-state index contributed by atoms with van der Waals surface area (Å²) < 4.78 is 0. The van der Waals surface area contributed by atoms with Crippen LogP contribution in [-0.2, 0) is 0 Å². The zero-order valence-corrected chi connectivity index (χ0v) is 9.54. The van der Waals surface area contributed by atoms with E-state index in [1.807, 2.05) is 0 Å². The molecule has 0 heterocycles. The molecule has 0 aromatic carbocycles. The molecular weight excluding hydrogens is 186 g/mol. The average molecular weight is 209 g/mol. The Balaban J connectivity index is 1.81. The highest BCUT2D eigenvalue weighted by molar-refractivity contribution is 5.82. The Morgan fingerprint density at radius 3 is 2.27 bits per heavy atom. The van der Waals surface area contributed by atoms with Crippen LogP contribution in [0.4, 0.5) is 0 Å². The van der Waals surface area contributed by atoms with Crippen molar-refractivity contribution in [1.29, 1.82) is 0 Å². The van der Waals surface area contributed by atoms with Gasteiger partial charge in [-0.2, -0.15) is 0 Å². The molecule has 0 spiro atoms. The zero-order chi connectivity index (χ0) is 10.5. The number of nitrogens with zero attached hydrogens (tertiary/aromatic N) is 1. The molecule has 0 radical (unpaired) electrons. The number of amidine groups is 1. The molecule has 2 aliphatic carbocycles. The summed E-state index contributed by atoms with van der Waals surface area (Å²) in [5, 5.41) is 0. The average Bonchev–Trinajstić information content (AvgIpc) is 3.04. The second kappa shape index (κ2) is 5.50. The lowest BCUT2D eigenvalue weighted by Crippen LogP contribution is -2.32. The van der Waals surface area contributed by atoms with Crippen LogP contribution in [0.5, 0.6) is 0 Å². The van der Waals surface area contributed by atoms with Gasteiger partial charge in [0.2, 0.25) is 0 Å². The molecule has 0 aromatic rings. The Kier molecular flexibility index (Phi) is 4.01. The second-order valence-corrected chi connectivity index (χ2v) is 5.01. The van der Waals surface area contributed by atoms with Crippen molar-refractivity contribution in [3.63, 3.8) is 0 Å². The van der Waals surface area contributed by atoms with Crippen LogP contribution in [-0.4, -0.2) is 11.9 Å². The summed E-state index contributed by atoms with van der Waals surface area (Å²) in [6.07, 6.45) is 12.0. The molecule has 3 nitrogen and oxygen atoms in total. The van der Waals surface area contributed by atoms with Crippen molar-refractivity contribution in [3.8, 4) is 0 Å². The largest absolute Gasteiger partial charge is 0.312 e. The number of nitrogens with two attached hydrogens (primary N) is 1. The SMILES string of the molecule is NNC(CC1CCCCCC1)=NC1CC1. The Hall–Kier alpha value is -0.570. The van der Waals surface area contributed by atoms with Gasteiger partial charge in [-0.25, -0.2) is 5.84 Å². The summed E-state index contributed by atoms with van der Waals surface area (Å²) in [5.41, 5.74) is 2.79. The van der Waals surface area contributed by atoms with Crippen LogP contribution < -0.4 is 11.3 Å². The lowest BCUT2D eigenvalue weighted by atomic mass is 9.96. The summed E-state index contributed by atoms with van der Waals surface area (Å²) in [4.78, 5) is 4.61. The van der Waals surface area contributed by atoms with Crippen molar-refractivity contribution in [2.75, 3.05) is 0 Å². The van der Waals surface area contributed by atoms with Crippen molar-refractivity contribution >= 4 is 5.84 Å². The first kappa shape index (κ1) is 10.9. The number of hydrogen-bond acceptors (Lipinski definition) is 2. The van der Waals surface area contributed by atoms with E-state index in [0.29, 0.717) is 6.04 Å². The third kappa shape index (κ3) is 3.82. The molecule has 0 aliphatic heterocycles. The standard InChI is InChI=1S/C12H23N3/c13-15-12(14-11-7-8-11)9-10-5-3-1-2-4-6-10/h10-11H,1-9,13H2,(H,14,15). The number of rotatable bonds is 3. The third-order valence-electron chi connectivity index (χ3n) is 3.51. The maximum absolute atomic E-state index is 5.52. The van der Waals surface area contributed by atoms with Gasteiger partial charge in [-0.3, -0.25) is 4.99 Å². The van der Waals surface area contributed by atoms with Gasteiger partial charge in [0.1, 0.15) is 5.84 Å². The maximum atomic E-state index is 5.52. The molecule has 0 atom stereocenters. The van der Waals surface area contributed by atoms with E-state index in [1.54, 1.807) is 0 Å². The lowest BCUT2D eigenvalue weighted by Gasteiger charge is -2.15. The minimum absolute atomic E-state index is 0.585. The molecule has 0 aromatic heterocycles. The Bertz CT molecular complexity index is 213. The van der Waals surface area contributed by atoms with Crippen LogP contribution in [0, 0.1) is 5.92 Å². The molecule has 15 heavy (non-hydrogen) atoms. The highest BCUT2D eigenvalue weighted by Crippen LogP contribution is 2.27. The zero-order valence-electron chi connectivity index (χ0n) is 9.54. The van der Waals surface area contributed by atoms with E-state index >= 15 is 0 Å². The molecule has 3 N–H and O–H groups in total. The van der Waals surface area contributed by atoms with Gasteiger partial charge in [0.15, 0.2) is 0 Å². The van der Waals surface area contributed by atoms with E-state index in [-0.39, 0.29) is 0 Å². The van der Waals surface area contributed by atoms with Gasteiger partial charge in [-0.05, 0) is 18.8 Å². The smallest absolute Gasteiger partial charge is 0.111 e. The van der Waals surface area contributed by atoms with Gasteiger partial charge in [0, 0.05) is 6.42 Å². The third-order valence-corrected chi connectivity index (χ3v) is 3.51. The van der Waals surface area contributed by atoms with E-state index < -0.39 is 0 Å². The minimum atomic E-state index is 0.585. The quantitative estimate of drug-likeness (QED) is 0.246. The van der Waals surface area contributed by atoms with Crippen molar-refractivity contribution < 1.29 is 0 Å². The molecule has 2 saturated carbocycles. The molecular formula is C12H23N3. The first-order valence-corrected chi connectivity index (χ1v) is 6.42. The van der Waals surface area contributed by atoms with Gasteiger partial charge in [0.25, 0.3) is 0 Å². The number of hydrazine groups is 1.